The van der Waals surface area contributed by atoms with Gasteiger partial charge < -0.3 is 0 Å². The lowest BCUT2D eigenvalue weighted by Gasteiger charge is -2.30. The van der Waals surface area contributed by atoms with E-state index in [2.05, 4.69) is 0 Å². The molecule has 1 aromatic carbocycles. The quantitative estimate of drug-likeness (QED) is 0.615. The monoisotopic (exact) mass is 275 g/mol. The minimum absolute atomic E-state index is 0.157. The molecule has 0 aromatic heterocycles. The van der Waals surface area contributed by atoms with Gasteiger partial charge in [0.2, 0.25) is 5.78 Å². The molecule has 0 bridgehead atoms. The lowest BCUT2D eigenvalue weighted by atomic mass is 9.73. The lowest BCUT2D eigenvalue weighted by Crippen LogP contribution is -2.33. The van der Waals surface area contributed by atoms with Crippen molar-refractivity contribution in [3.63, 3.8) is 0 Å². The number of carbonyl (C=O) groups is 2. The Labute approximate surface area is 117 Å². The Bertz CT molecular complexity index is 494. The number of hydrogen-bond donors (Lipinski definition) is 0. The van der Waals surface area contributed by atoms with Gasteiger partial charge >= 0.3 is 5.91 Å². The molecule has 0 atom stereocenters. The number of nitrogens with zero attached hydrogens (tertiary/aromatic N) is 1. The van der Waals surface area contributed by atoms with Crippen LogP contribution in [-0.2, 0) is 9.59 Å². The van der Waals surface area contributed by atoms with Gasteiger partial charge in [-0.1, -0.05) is 37.5 Å². The van der Waals surface area contributed by atoms with Crippen LogP contribution in [0.5, 0.6) is 0 Å². The zero-order chi connectivity index (χ0) is 13.3. The van der Waals surface area contributed by atoms with Crippen LogP contribution < -0.4 is 0 Å². The Morgan fingerprint density at radius 3 is 2.37 bits per heavy atom. The van der Waals surface area contributed by atoms with E-state index in [9.17, 15) is 9.59 Å². The highest BCUT2D eigenvalue weighted by molar-refractivity contribution is 7.97. The summed E-state index contributed by atoms with van der Waals surface area (Å²) >= 11 is 1.39. The SMILES string of the molecule is O=C1C(=O)C2(CCCCC2)CN1Sc1ccccc1. The average molecular weight is 275 g/mol. The van der Waals surface area contributed by atoms with Crippen LogP contribution in [0.15, 0.2) is 35.2 Å². The number of ketones is 1. The Morgan fingerprint density at radius 1 is 1.00 bits per heavy atom. The number of rotatable bonds is 2. The van der Waals surface area contributed by atoms with E-state index in [1.54, 1.807) is 4.31 Å². The van der Waals surface area contributed by atoms with Gasteiger partial charge in [0.25, 0.3) is 0 Å². The normalized spacial score (nSPS) is 22.2. The molecule has 1 aliphatic carbocycles. The van der Waals surface area contributed by atoms with Crippen LogP contribution in [0.3, 0.4) is 0 Å². The highest BCUT2D eigenvalue weighted by atomic mass is 32.2. The van der Waals surface area contributed by atoms with Crippen LogP contribution in [0.4, 0.5) is 0 Å². The van der Waals surface area contributed by atoms with Crippen molar-refractivity contribution in [1.29, 1.82) is 0 Å². The molecule has 1 heterocycles. The molecule has 100 valence electrons. The molecular formula is C15H17NO2S. The molecule has 1 amide bonds. The molecule has 3 nitrogen and oxygen atoms in total. The van der Waals surface area contributed by atoms with E-state index in [1.807, 2.05) is 30.3 Å². The number of benzene rings is 1. The number of amides is 1. The van der Waals surface area contributed by atoms with Crippen LogP contribution in [0, 0.1) is 5.41 Å². The zero-order valence-corrected chi connectivity index (χ0v) is 11.6. The van der Waals surface area contributed by atoms with Crippen LogP contribution >= 0.6 is 11.9 Å². The molecular weight excluding hydrogens is 258 g/mol. The van der Waals surface area contributed by atoms with Gasteiger partial charge in [-0.15, -0.1) is 0 Å². The zero-order valence-electron chi connectivity index (χ0n) is 10.8. The first-order chi connectivity index (χ1) is 9.21. The Balaban J connectivity index is 1.77. The summed E-state index contributed by atoms with van der Waals surface area (Å²) in [6.07, 6.45) is 5.09. The van der Waals surface area contributed by atoms with Gasteiger partial charge in [-0.25, -0.2) is 0 Å². The molecule has 1 saturated heterocycles. The fourth-order valence-corrected chi connectivity index (χ4v) is 4.07. The van der Waals surface area contributed by atoms with Gasteiger partial charge in [0, 0.05) is 11.4 Å². The Morgan fingerprint density at radius 2 is 1.68 bits per heavy atom. The lowest BCUT2D eigenvalue weighted by molar-refractivity contribution is -0.141. The number of Topliss-reactive ketones (excluding diaryl/α,β-unsaturated/α-hetero) is 1. The van der Waals surface area contributed by atoms with Crippen molar-refractivity contribution in [3.05, 3.63) is 30.3 Å². The second kappa shape index (κ2) is 5.00. The third kappa shape index (κ3) is 2.29. The summed E-state index contributed by atoms with van der Waals surface area (Å²) in [7, 11) is 0. The summed E-state index contributed by atoms with van der Waals surface area (Å²) in [4.78, 5) is 25.4. The first kappa shape index (κ1) is 12.7. The van der Waals surface area contributed by atoms with E-state index in [4.69, 9.17) is 0 Å². The first-order valence-electron chi connectivity index (χ1n) is 6.81. The third-order valence-corrected chi connectivity index (χ3v) is 5.12. The van der Waals surface area contributed by atoms with Crippen molar-refractivity contribution >= 4 is 23.6 Å². The van der Waals surface area contributed by atoms with Crippen molar-refractivity contribution in [2.75, 3.05) is 6.54 Å². The van der Waals surface area contributed by atoms with Crippen molar-refractivity contribution in [2.24, 2.45) is 5.41 Å². The molecule has 1 saturated carbocycles. The second-order valence-electron chi connectivity index (χ2n) is 5.42. The molecule has 0 N–H and O–H groups in total. The summed E-state index contributed by atoms with van der Waals surface area (Å²) in [5.74, 6) is -0.466. The predicted molar refractivity (Wildman–Crippen MR) is 74.5 cm³/mol. The van der Waals surface area contributed by atoms with Crippen molar-refractivity contribution in [1.82, 2.24) is 4.31 Å². The smallest absolute Gasteiger partial charge is 0.288 e. The fraction of sp³-hybridized carbons (Fsp3) is 0.467. The minimum Gasteiger partial charge on any atom is -0.288 e. The maximum atomic E-state index is 12.3. The van der Waals surface area contributed by atoms with Crippen molar-refractivity contribution in [2.45, 2.75) is 37.0 Å². The molecule has 3 rings (SSSR count). The van der Waals surface area contributed by atoms with E-state index in [0.717, 1.165) is 30.6 Å². The molecule has 0 radical (unpaired) electrons. The predicted octanol–water partition coefficient (Wildman–Crippen LogP) is 3.06. The van der Waals surface area contributed by atoms with Gasteiger partial charge in [0.15, 0.2) is 0 Å². The van der Waals surface area contributed by atoms with Gasteiger partial charge in [-0.2, -0.15) is 0 Å². The van der Waals surface area contributed by atoms with Crippen LogP contribution in [-0.4, -0.2) is 22.5 Å². The molecule has 19 heavy (non-hydrogen) atoms. The van der Waals surface area contributed by atoms with Crippen molar-refractivity contribution in [3.8, 4) is 0 Å². The van der Waals surface area contributed by atoms with Gasteiger partial charge in [-0.3, -0.25) is 13.9 Å². The van der Waals surface area contributed by atoms with E-state index >= 15 is 0 Å². The highest BCUT2D eigenvalue weighted by Crippen LogP contribution is 2.44. The minimum atomic E-state index is -0.378. The fourth-order valence-electron chi connectivity index (χ4n) is 3.05. The summed E-state index contributed by atoms with van der Waals surface area (Å²) in [5, 5.41) is 0. The third-order valence-electron chi connectivity index (χ3n) is 4.12. The van der Waals surface area contributed by atoms with E-state index in [1.165, 1.54) is 18.4 Å². The van der Waals surface area contributed by atoms with Gasteiger partial charge in [-0.05, 0) is 36.9 Å². The molecule has 2 aliphatic rings. The molecule has 4 heteroatoms. The Hall–Kier alpha value is -1.29. The molecule has 1 spiro atoms. The number of hydrogen-bond acceptors (Lipinski definition) is 3. The summed E-state index contributed by atoms with van der Waals surface area (Å²) in [6, 6.07) is 9.77. The van der Waals surface area contributed by atoms with Gasteiger partial charge in [0.05, 0.1) is 5.41 Å². The topological polar surface area (TPSA) is 37.4 Å². The van der Waals surface area contributed by atoms with Crippen LogP contribution in [0.2, 0.25) is 0 Å². The molecule has 1 aliphatic heterocycles. The Kier molecular flexibility index (Phi) is 3.35. The standard InChI is InChI=1S/C15H17NO2S/c17-13-14(18)16(19-12-7-3-1-4-8-12)11-15(13)9-5-2-6-10-15/h1,3-4,7-8H,2,5-6,9-11H2. The molecule has 0 unspecified atom stereocenters. The van der Waals surface area contributed by atoms with Crippen LogP contribution in [0.25, 0.3) is 0 Å². The number of carbonyl (C=O) groups excluding carboxylic acids is 2. The second-order valence-corrected chi connectivity index (χ2v) is 6.51. The first-order valence-corrected chi connectivity index (χ1v) is 7.58. The summed E-state index contributed by atoms with van der Waals surface area (Å²) in [5.41, 5.74) is -0.378. The van der Waals surface area contributed by atoms with E-state index < -0.39 is 0 Å². The van der Waals surface area contributed by atoms with E-state index in [-0.39, 0.29) is 17.1 Å². The van der Waals surface area contributed by atoms with Crippen molar-refractivity contribution < 1.29 is 9.59 Å². The summed E-state index contributed by atoms with van der Waals surface area (Å²) < 4.78 is 1.66. The van der Waals surface area contributed by atoms with Crippen LogP contribution in [0.1, 0.15) is 32.1 Å². The van der Waals surface area contributed by atoms with E-state index in [0.29, 0.717) is 6.54 Å². The maximum Gasteiger partial charge on any atom is 0.300 e. The maximum absolute atomic E-state index is 12.3. The van der Waals surface area contributed by atoms with Gasteiger partial charge in [0.1, 0.15) is 0 Å². The molecule has 1 aromatic rings. The largest absolute Gasteiger partial charge is 0.300 e. The molecule has 2 fully saturated rings. The highest BCUT2D eigenvalue weighted by Gasteiger charge is 2.52. The average Bonchev–Trinajstić information content (AvgIpc) is 2.67. The summed E-state index contributed by atoms with van der Waals surface area (Å²) in [6.45, 7) is 0.588.